The van der Waals surface area contributed by atoms with E-state index in [1.54, 1.807) is 20.2 Å². The van der Waals surface area contributed by atoms with Crippen LogP contribution in [0, 0.1) is 11.8 Å². The molecule has 0 bridgehead atoms. The standard InChI is InChI=1S/C26H30Cl2F3N3OS/c1-32(2)25(35)20-7-6-19(16-23(20)28)33-12-8-17(9-13-33)18-10-14-34(15-11-18)36-24-21(26(29,30)31)4-3-5-22(24)27/h3-7,16-18H,8-15H2,1-2H3. The largest absolute Gasteiger partial charge is 0.417 e. The predicted molar refractivity (Wildman–Crippen MR) is 141 cm³/mol. The summed E-state index contributed by atoms with van der Waals surface area (Å²) in [6.07, 6.45) is -0.355. The first-order valence-corrected chi connectivity index (χ1v) is 13.6. The molecule has 196 valence electrons. The number of hydrogen-bond acceptors (Lipinski definition) is 4. The number of carbonyl (C=O) groups excluding carboxylic acids is 1. The second kappa shape index (κ2) is 11.4. The monoisotopic (exact) mass is 559 g/mol. The summed E-state index contributed by atoms with van der Waals surface area (Å²) in [5.41, 5.74) is 0.859. The highest BCUT2D eigenvalue weighted by Gasteiger charge is 2.36. The molecule has 0 aromatic heterocycles. The van der Waals surface area contributed by atoms with Crippen LogP contribution in [-0.4, -0.2) is 55.4 Å². The minimum atomic E-state index is -4.42. The molecule has 2 aliphatic heterocycles. The van der Waals surface area contributed by atoms with Crippen LogP contribution in [0.5, 0.6) is 0 Å². The fourth-order valence-corrected chi connectivity index (χ4v) is 6.76. The Bertz CT molecular complexity index is 1080. The highest BCUT2D eigenvalue weighted by Crippen LogP contribution is 2.43. The van der Waals surface area contributed by atoms with Crippen LogP contribution < -0.4 is 4.90 Å². The van der Waals surface area contributed by atoms with E-state index in [4.69, 9.17) is 23.2 Å². The third-order valence-electron chi connectivity index (χ3n) is 7.15. The zero-order valence-corrected chi connectivity index (χ0v) is 22.7. The van der Waals surface area contributed by atoms with Gasteiger partial charge < -0.3 is 9.80 Å². The molecule has 0 unspecified atom stereocenters. The molecule has 4 rings (SSSR count). The smallest absolute Gasteiger partial charge is 0.371 e. The number of rotatable bonds is 5. The van der Waals surface area contributed by atoms with Gasteiger partial charge in [0.05, 0.1) is 26.1 Å². The molecule has 2 aliphatic rings. The van der Waals surface area contributed by atoms with Gasteiger partial charge in [-0.25, -0.2) is 4.31 Å². The molecule has 10 heteroatoms. The number of halogens is 5. The molecular formula is C26H30Cl2F3N3OS. The van der Waals surface area contributed by atoms with Crippen LogP contribution in [0.1, 0.15) is 41.6 Å². The first kappa shape index (κ1) is 27.4. The van der Waals surface area contributed by atoms with Crippen molar-refractivity contribution >= 4 is 46.7 Å². The zero-order chi connectivity index (χ0) is 26.0. The van der Waals surface area contributed by atoms with Crippen LogP contribution in [0.15, 0.2) is 41.3 Å². The molecule has 1 amide bonds. The topological polar surface area (TPSA) is 26.8 Å². The zero-order valence-electron chi connectivity index (χ0n) is 20.3. The van der Waals surface area contributed by atoms with Gasteiger partial charge in [0.1, 0.15) is 0 Å². The van der Waals surface area contributed by atoms with Crippen molar-refractivity contribution in [2.24, 2.45) is 11.8 Å². The van der Waals surface area contributed by atoms with Gasteiger partial charge in [-0.05, 0) is 79.8 Å². The molecule has 0 atom stereocenters. The van der Waals surface area contributed by atoms with Gasteiger partial charge in [-0.2, -0.15) is 13.2 Å². The van der Waals surface area contributed by atoms with Gasteiger partial charge in [0.15, 0.2) is 0 Å². The summed E-state index contributed by atoms with van der Waals surface area (Å²) in [6, 6.07) is 9.58. The Hall–Kier alpha value is -1.61. The van der Waals surface area contributed by atoms with Crippen LogP contribution in [0.4, 0.5) is 18.9 Å². The fourth-order valence-electron chi connectivity index (χ4n) is 5.14. The van der Waals surface area contributed by atoms with E-state index in [0.29, 0.717) is 22.4 Å². The van der Waals surface area contributed by atoms with Crippen LogP contribution in [0.2, 0.25) is 10.0 Å². The van der Waals surface area contributed by atoms with Gasteiger partial charge in [-0.1, -0.05) is 29.3 Å². The lowest BCUT2D eigenvalue weighted by molar-refractivity contribution is -0.139. The maximum Gasteiger partial charge on any atom is 0.417 e. The maximum absolute atomic E-state index is 13.4. The molecule has 0 aliphatic carbocycles. The summed E-state index contributed by atoms with van der Waals surface area (Å²) in [5.74, 6) is 1.06. The van der Waals surface area contributed by atoms with Crippen LogP contribution >= 0.6 is 35.1 Å². The summed E-state index contributed by atoms with van der Waals surface area (Å²) in [6.45, 7) is 3.33. The molecule has 0 spiro atoms. The minimum Gasteiger partial charge on any atom is -0.371 e. The van der Waals surface area contributed by atoms with Crippen molar-refractivity contribution in [1.29, 1.82) is 0 Å². The average Bonchev–Trinajstić information content (AvgIpc) is 2.84. The van der Waals surface area contributed by atoms with E-state index in [-0.39, 0.29) is 15.8 Å². The molecular weight excluding hydrogens is 530 g/mol. The Labute approximate surface area is 224 Å². The normalized spacial score (nSPS) is 18.5. The molecule has 2 fully saturated rings. The van der Waals surface area contributed by atoms with Crippen molar-refractivity contribution in [2.45, 2.75) is 36.8 Å². The lowest BCUT2D eigenvalue weighted by atomic mass is 9.79. The van der Waals surface area contributed by atoms with E-state index < -0.39 is 11.7 Å². The van der Waals surface area contributed by atoms with E-state index in [9.17, 15) is 18.0 Å². The number of benzene rings is 2. The molecule has 2 aromatic carbocycles. The van der Waals surface area contributed by atoms with Gasteiger partial charge in [0.25, 0.3) is 5.91 Å². The van der Waals surface area contributed by atoms with E-state index in [1.807, 2.05) is 16.4 Å². The van der Waals surface area contributed by atoms with Crippen LogP contribution in [-0.2, 0) is 6.18 Å². The number of anilines is 1. The summed E-state index contributed by atoms with van der Waals surface area (Å²) >= 11 is 13.7. The molecule has 4 nitrogen and oxygen atoms in total. The van der Waals surface area contributed by atoms with Gasteiger partial charge in [-0.15, -0.1) is 0 Å². The van der Waals surface area contributed by atoms with Crippen molar-refractivity contribution in [3.8, 4) is 0 Å². The van der Waals surface area contributed by atoms with Crippen molar-refractivity contribution in [2.75, 3.05) is 45.2 Å². The highest BCUT2D eigenvalue weighted by atomic mass is 35.5. The predicted octanol–water partition coefficient (Wildman–Crippen LogP) is 7.35. The van der Waals surface area contributed by atoms with Crippen molar-refractivity contribution in [3.63, 3.8) is 0 Å². The van der Waals surface area contributed by atoms with Gasteiger partial charge in [-0.3, -0.25) is 4.79 Å². The quantitative estimate of drug-likeness (QED) is 0.358. The van der Waals surface area contributed by atoms with E-state index >= 15 is 0 Å². The number of amides is 1. The number of nitrogens with zero attached hydrogens (tertiary/aromatic N) is 3. The Morgan fingerprint density at radius 1 is 0.944 bits per heavy atom. The van der Waals surface area contributed by atoms with Gasteiger partial charge in [0.2, 0.25) is 0 Å². The summed E-state index contributed by atoms with van der Waals surface area (Å²) < 4.78 is 42.3. The summed E-state index contributed by atoms with van der Waals surface area (Å²) in [4.78, 5) is 16.2. The Balaban J connectivity index is 1.30. The number of hydrogen-bond donors (Lipinski definition) is 0. The minimum absolute atomic E-state index is 0.0929. The van der Waals surface area contributed by atoms with Crippen molar-refractivity contribution < 1.29 is 18.0 Å². The SMILES string of the molecule is CN(C)C(=O)c1ccc(N2CCC(C3CCN(Sc4c(Cl)cccc4C(F)(F)F)CC3)CC2)cc1Cl. The molecule has 0 radical (unpaired) electrons. The first-order valence-electron chi connectivity index (χ1n) is 12.1. The van der Waals surface area contributed by atoms with E-state index in [1.165, 1.54) is 17.0 Å². The lowest BCUT2D eigenvalue weighted by Crippen LogP contribution is -2.39. The molecule has 0 saturated carbocycles. The van der Waals surface area contributed by atoms with Crippen LogP contribution in [0.25, 0.3) is 0 Å². The third-order valence-corrected chi connectivity index (χ3v) is 9.14. The van der Waals surface area contributed by atoms with Crippen molar-refractivity contribution in [3.05, 3.63) is 57.6 Å². The Morgan fingerprint density at radius 2 is 1.56 bits per heavy atom. The molecule has 0 N–H and O–H groups in total. The van der Waals surface area contributed by atoms with Gasteiger partial charge in [0, 0.05) is 46.0 Å². The first-order chi connectivity index (χ1) is 17.0. The number of piperidine rings is 2. The molecule has 36 heavy (non-hydrogen) atoms. The maximum atomic E-state index is 13.4. The average molecular weight is 561 g/mol. The van der Waals surface area contributed by atoms with E-state index in [2.05, 4.69) is 4.90 Å². The van der Waals surface area contributed by atoms with Crippen LogP contribution in [0.3, 0.4) is 0 Å². The molecule has 2 saturated heterocycles. The number of alkyl halides is 3. The van der Waals surface area contributed by atoms with Crippen molar-refractivity contribution in [1.82, 2.24) is 9.21 Å². The summed E-state index contributed by atoms with van der Waals surface area (Å²) in [5, 5.41) is 0.605. The number of carbonyl (C=O) groups is 1. The molecule has 2 aromatic rings. The Morgan fingerprint density at radius 3 is 2.11 bits per heavy atom. The summed E-state index contributed by atoms with van der Waals surface area (Å²) in [7, 11) is 3.41. The highest BCUT2D eigenvalue weighted by molar-refractivity contribution is 7.97. The van der Waals surface area contributed by atoms with Gasteiger partial charge >= 0.3 is 6.18 Å². The fraction of sp³-hybridized carbons (Fsp3) is 0.500. The lowest BCUT2D eigenvalue weighted by Gasteiger charge is -2.40. The third kappa shape index (κ3) is 6.26. The Kier molecular flexibility index (Phi) is 8.70. The molecule has 2 heterocycles. The van der Waals surface area contributed by atoms with E-state index in [0.717, 1.165) is 75.6 Å². The second-order valence-electron chi connectivity index (χ2n) is 9.66. The second-order valence-corrected chi connectivity index (χ2v) is 11.6.